The van der Waals surface area contributed by atoms with Crippen molar-refractivity contribution in [3.8, 4) is 5.75 Å². The van der Waals surface area contributed by atoms with Crippen LogP contribution in [0.1, 0.15) is 37.5 Å². The zero-order valence-corrected chi connectivity index (χ0v) is 13.4. The minimum atomic E-state index is 0.0947. The quantitative estimate of drug-likeness (QED) is 0.705. The Kier molecular flexibility index (Phi) is 3.34. The third-order valence-corrected chi connectivity index (χ3v) is 4.91. The van der Waals surface area contributed by atoms with Crippen molar-refractivity contribution in [2.75, 3.05) is 13.2 Å². The molecule has 20 heavy (non-hydrogen) atoms. The second-order valence-electron chi connectivity index (χ2n) is 5.44. The van der Waals surface area contributed by atoms with Crippen molar-refractivity contribution >= 4 is 33.5 Å². The molecule has 2 aromatic rings. The number of rotatable bonds is 1. The number of hydrogen-bond acceptors (Lipinski definition) is 3. The van der Waals surface area contributed by atoms with E-state index < -0.39 is 0 Å². The highest BCUT2D eigenvalue weighted by Crippen LogP contribution is 2.36. The maximum absolute atomic E-state index is 5.90. The van der Waals surface area contributed by atoms with Gasteiger partial charge in [0.2, 0.25) is 0 Å². The van der Waals surface area contributed by atoms with Crippen molar-refractivity contribution in [3.63, 3.8) is 0 Å². The number of halogens is 1. The highest BCUT2D eigenvalue weighted by molar-refractivity contribution is 14.1. The number of benzene rings is 1. The van der Waals surface area contributed by atoms with E-state index in [4.69, 9.17) is 14.6 Å². The summed E-state index contributed by atoms with van der Waals surface area (Å²) in [5.41, 5.74) is 2.51. The predicted molar refractivity (Wildman–Crippen MR) is 85.1 cm³/mol. The summed E-state index contributed by atoms with van der Waals surface area (Å²) in [5, 5.41) is 6.01. The van der Waals surface area contributed by atoms with Crippen LogP contribution in [0.2, 0.25) is 0 Å². The summed E-state index contributed by atoms with van der Waals surface area (Å²) in [4.78, 5) is 0. The molecule has 5 heteroatoms. The topological polar surface area (TPSA) is 36.3 Å². The average Bonchev–Trinajstić information content (AvgIpc) is 2.86. The Morgan fingerprint density at radius 1 is 1.20 bits per heavy atom. The van der Waals surface area contributed by atoms with Crippen LogP contribution in [0, 0.1) is 3.70 Å². The van der Waals surface area contributed by atoms with Crippen LogP contribution in [0.3, 0.4) is 0 Å². The van der Waals surface area contributed by atoms with Gasteiger partial charge in [-0.05, 0) is 66.8 Å². The minimum Gasteiger partial charge on any atom is -0.493 e. The van der Waals surface area contributed by atoms with Gasteiger partial charge in [0.1, 0.15) is 9.45 Å². The Morgan fingerprint density at radius 3 is 3.00 bits per heavy atom. The molecule has 4 rings (SSSR count). The number of fused-ring (bicyclic) bond motifs is 3. The fourth-order valence-electron chi connectivity index (χ4n) is 3.19. The molecule has 2 aliphatic rings. The molecule has 0 spiro atoms. The van der Waals surface area contributed by atoms with E-state index in [1.54, 1.807) is 0 Å². The van der Waals surface area contributed by atoms with Crippen molar-refractivity contribution in [1.29, 1.82) is 0 Å². The maximum Gasteiger partial charge on any atom is 0.150 e. The molecular weight excluding hydrogens is 367 g/mol. The summed E-state index contributed by atoms with van der Waals surface area (Å²) >= 11 is 2.34. The first-order valence-electron chi connectivity index (χ1n) is 7.28. The van der Waals surface area contributed by atoms with Gasteiger partial charge < -0.3 is 9.47 Å². The lowest BCUT2D eigenvalue weighted by atomic mass is 10.0. The van der Waals surface area contributed by atoms with Crippen LogP contribution in [0.4, 0.5) is 0 Å². The van der Waals surface area contributed by atoms with Crippen LogP contribution in [0.25, 0.3) is 10.9 Å². The third kappa shape index (κ3) is 2.02. The summed E-state index contributed by atoms with van der Waals surface area (Å²) in [5.74, 6) is 1.03. The molecule has 0 amide bonds. The number of aromatic nitrogens is 2. The van der Waals surface area contributed by atoms with E-state index in [1.807, 2.05) is 0 Å². The average molecular weight is 384 g/mol. The maximum atomic E-state index is 5.90. The molecule has 1 saturated heterocycles. The van der Waals surface area contributed by atoms with Gasteiger partial charge in [0.25, 0.3) is 0 Å². The zero-order chi connectivity index (χ0) is 13.5. The van der Waals surface area contributed by atoms with Gasteiger partial charge in [-0.15, -0.1) is 0 Å². The molecule has 1 atom stereocenters. The van der Waals surface area contributed by atoms with Crippen molar-refractivity contribution in [1.82, 2.24) is 9.78 Å². The second kappa shape index (κ2) is 5.18. The van der Waals surface area contributed by atoms with E-state index in [0.29, 0.717) is 0 Å². The molecule has 0 N–H and O–H groups in total. The molecule has 106 valence electrons. The van der Waals surface area contributed by atoms with Gasteiger partial charge in [0, 0.05) is 17.6 Å². The molecule has 1 unspecified atom stereocenters. The summed E-state index contributed by atoms with van der Waals surface area (Å²) < 4.78 is 14.8. The normalized spacial score (nSPS) is 22.6. The van der Waals surface area contributed by atoms with Crippen LogP contribution in [-0.4, -0.2) is 23.0 Å². The van der Waals surface area contributed by atoms with Crippen LogP contribution in [-0.2, 0) is 11.2 Å². The molecule has 0 bridgehead atoms. The van der Waals surface area contributed by atoms with E-state index in [2.05, 4.69) is 39.4 Å². The van der Waals surface area contributed by atoms with Crippen molar-refractivity contribution in [3.05, 3.63) is 21.4 Å². The van der Waals surface area contributed by atoms with Gasteiger partial charge in [0.15, 0.2) is 6.23 Å². The van der Waals surface area contributed by atoms with Crippen molar-refractivity contribution in [2.45, 2.75) is 38.3 Å². The second-order valence-corrected chi connectivity index (χ2v) is 6.47. The Balaban J connectivity index is 1.87. The fraction of sp³-hybridized carbons (Fsp3) is 0.533. The monoisotopic (exact) mass is 384 g/mol. The van der Waals surface area contributed by atoms with E-state index in [9.17, 15) is 0 Å². The smallest absolute Gasteiger partial charge is 0.150 e. The minimum absolute atomic E-state index is 0.0947. The van der Waals surface area contributed by atoms with E-state index in [-0.39, 0.29) is 6.23 Å². The SMILES string of the molecule is Ic1nn(C2CCCCO2)c2ccc3c(c12)CCCO3. The molecule has 3 heterocycles. The predicted octanol–water partition coefficient (Wildman–Crippen LogP) is 3.67. The Morgan fingerprint density at radius 2 is 2.15 bits per heavy atom. The third-order valence-electron chi connectivity index (χ3n) is 4.15. The van der Waals surface area contributed by atoms with Gasteiger partial charge in [-0.25, -0.2) is 4.68 Å². The van der Waals surface area contributed by atoms with Gasteiger partial charge in [-0.1, -0.05) is 0 Å². The van der Waals surface area contributed by atoms with E-state index >= 15 is 0 Å². The standard InChI is InChI=1S/C15H17IN2O2/c16-15-14-10-4-3-9-19-12(10)7-6-11(14)18(17-15)13-5-1-2-8-20-13/h6-7,13H,1-5,8-9H2. The number of ether oxygens (including phenoxy) is 2. The molecular formula is C15H17IN2O2. The van der Waals surface area contributed by atoms with Gasteiger partial charge in [0.05, 0.1) is 12.1 Å². The lowest BCUT2D eigenvalue weighted by Gasteiger charge is -2.24. The molecule has 1 fully saturated rings. The Bertz CT molecular complexity index is 647. The van der Waals surface area contributed by atoms with E-state index in [1.165, 1.54) is 22.9 Å². The van der Waals surface area contributed by atoms with Crippen LogP contribution >= 0.6 is 22.6 Å². The lowest BCUT2D eigenvalue weighted by molar-refractivity contribution is -0.0368. The van der Waals surface area contributed by atoms with Crippen LogP contribution in [0.15, 0.2) is 12.1 Å². The molecule has 4 nitrogen and oxygen atoms in total. The van der Waals surface area contributed by atoms with Gasteiger partial charge in [-0.3, -0.25) is 0 Å². The Labute approximate surface area is 131 Å². The molecule has 1 aromatic carbocycles. The molecule has 2 aliphatic heterocycles. The summed E-state index contributed by atoms with van der Waals surface area (Å²) in [7, 11) is 0. The summed E-state index contributed by atoms with van der Waals surface area (Å²) in [6.45, 7) is 1.67. The largest absolute Gasteiger partial charge is 0.493 e. The molecule has 1 aromatic heterocycles. The van der Waals surface area contributed by atoms with Crippen molar-refractivity contribution in [2.24, 2.45) is 0 Å². The van der Waals surface area contributed by atoms with Crippen molar-refractivity contribution < 1.29 is 9.47 Å². The zero-order valence-electron chi connectivity index (χ0n) is 11.3. The van der Waals surface area contributed by atoms with Gasteiger partial charge >= 0.3 is 0 Å². The Hall–Kier alpha value is -0.820. The number of aryl methyl sites for hydroxylation is 1. The molecule has 0 radical (unpaired) electrons. The first-order chi connectivity index (χ1) is 9.84. The fourth-order valence-corrected chi connectivity index (χ4v) is 4.02. The highest BCUT2D eigenvalue weighted by atomic mass is 127. The lowest BCUT2D eigenvalue weighted by Crippen LogP contribution is -2.19. The number of hydrogen-bond donors (Lipinski definition) is 0. The molecule has 0 aliphatic carbocycles. The highest BCUT2D eigenvalue weighted by Gasteiger charge is 2.24. The first kappa shape index (κ1) is 12.9. The van der Waals surface area contributed by atoms with Gasteiger partial charge in [-0.2, -0.15) is 5.10 Å². The summed E-state index contributed by atoms with van der Waals surface area (Å²) in [6, 6.07) is 4.22. The number of nitrogens with zero attached hydrogens (tertiary/aromatic N) is 2. The molecule has 0 saturated carbocycles. The van der Waals surface area contributed by atoms with E-state index in [0.717, 1.165) is 48.3 Å². The first-order valence-corrected chi connectivity index (χ1v) is 8.36. The summed E-state index contributed by atoms with van der Waals surface area (Å²) in [6.07, 6.45) is 5.71. The van der Waals surface area contributed by atoms with Crippen LogP contribution < -0.4 is 4.74 Å². The van der Waals surface area contributed by atoms with Crippen LogP contribution in [0.5, 0.6) is 5.75 Å².